The smallest absolute Gasteiger partial charge is 0.191 e. The minimum Gasteiger partial charge on any atom is -0.356 e. The van der Waals surface area contributed by atoms with Crippen LogP contribution in [0, 0.1) is 6.92 Å². The number of aliphatic imine (C=N–C) groups is 1. The third kappa shape index (κ3) is 5.49. The second-order valence-electron chi connectivity index (χ2n) is 8.82. The van der Waals surface area contributed by atoms with E-state index in [4.69, 9.17) is 0 Å². The number of piperidine rings is 1. The molecule has 0 bridgehead atoms. The number of aryl methyl sites for hydroxylation is 2. The average molecular weight is 433 g/mol. The number of imidazole rings is 1. The van der Waals surface area contributed by atoms with Crippen molar-refractivity contribution in [3.8, 4) is 0 Å². The Hall–Kier alpha value is -2.86. The molecule has 4 rings (SSSR count). The summed E-state index contributed by atoms with van der Waals surface area (Å²) < 4.78 is 2.30. The van der Waals surface area contributed by atoms with E-state index in [0.29, 0.717) is 12.1 Å². The fraction of sp³-hybridized carbons (Fsp3) is 0.462. The molecule has 0 radical (unpaired) electrons. The van der Waals surface area contributed by atoms with E-state index >= 15 is 0 Å². The van der Waals surface area contributed by atoms with E-state index in [2.05, 4.69) is 92.5 Å². The van der Waals surface area contributed by atoms with Gasteiger partial charge in [0.1, 0.15) is 5.82 Å². The Labute approximate surface area is 191 Å². The number of aromatic nitrogens is 2. The van der Waals surface area contributed by atoms with Gasteiger partial charge < -0.3 is 15.2 Å². The second-order valence-corrected chi connectivity index (χ2v) is 8.82. The van der Waals surface area contributed by atoms with Crippen LogP contribution in [0.4, 0.5) is 0 Å². The normalized spacial score (nSPS) is 19.9. The van der Waals surface area contributed by atoms with E-state index in [-0.39, 0.29) is 0 Å². The molecular formula is C26H36N6. The van der Waals surface area contributed by atoms with Crippen LogP contribution in [0.2, 0.25) is 0 Å². The molecule has 1 fully saturated rings. The molecule has 0 aliphatic carbocycles. The van der Waals surface area contributed by atoms with Gasteiger partial charge in [-0.1, -0.05) is 42.5 Å². The molecule has 1 aliphatic rings. The van der Waals surface area contributed by atoms with Crippen molar-refractivity contribution in [3.63, 3.8) is 0 Å². The van der Waals surface area contributed by atoms with Crippen LogP contribution in [0.1, 0.15) is 37.6 Å². The lowest BCUT2D eigenvalue weighted by molar-refractivity contribution is 0.134. The molecule has 3 aromatic rings. The summed E-state index contributed by atoms with van der Waals surface area (Å²) in [6.07, 6.45) is 3.29. The standard InChI is InChI=1S/C26H36N6/c1-20-18-23(14-17-31(20)19-22-10-5-4-6-11-22)30-26(27-3)28-15-9-16-32-21(2)29-24-12-7-8-13-25(24)32/h4-8,10-13,20,23H,9,14-19H2,1-3H3,(H2,27,28,30). The van der Waals surface area contributed by atoms with Gasteiger partial charge in [0.05, 0.1) is 11.0 Å². The molecule has 1 aromatic heterocycles. The first kappa shape index (κ1) is 22.3. The molecular weight excluding hydrogens is 396 g/mol. The van der Waals surface area contributed by atoms with E-state index in [9.17, 15) is 0 Å². The van der Waals surface area contributed by atoms with E-state index < -0.39 is 0 Å². The highest BCUT2D eigenvalue weighted by Crippen LogP contribution is 2.20. The summed E-state index contributed by atoms with van der Waals surface area (Å²) in [6.45, 7) is 8.39. The molecule has 1 aliphatic heterocycles. The van der Waals surface area contributed by atoms with Crippen molar-refractivity contribution < 1.29 is 0 Å². The second kappa shape index (κ2) is 10.6. The van der Waals surface area contributed by atoms with Crippen LogP contribution in [0.15, 0.2) is 59.6 Å². The van der Waals surface area contributed by atoms with Gasteiger partial charge in [0, 0.05) is 45.3 Å². The van der Waals surface area contributed by atoms with E-state index in [1.54, 1.807) is 0 Å². The van der Waals surface area contributed by atoms with E-state index in [0.717, 1.165) is 62.7 Å². The summed E-state index contributed by atoms with van der Waals surface area (Å²) in [7, 11) is 1.86. The summed E-state index contributed by atoms with van der Waals surface area (Å²) in [5.74, 6) is 1.98. The minimum atomic E-state index is 0.461. The number of para-hydroxylation sites is 2. The third-order valence-electron chi connectivity index (χ3n) is 6.50. The van der Waals surface area contributed by atoms with Crippen LogP contribution in [-0.2, 0) is 13.1 Å². The number of nitrogens with one attached hydrogen (secondary N) is 2. The summed E-state index contributed by atoms with van der Waals surface area (Å²) in [5, 5.41) is 7.15. The van der Waals surface area contributed by atoms with Crippen molar-refractivity contribution >= 4 is 17.0 Å². The van der Waals surface area contributed by atoms with Crippen molar-refractivity contribution in [1.82, 2.24) is 25.1 Å². The molecule has 2 aromatic carbocycles. The third-order valence-corrected chi connectivity index (χ3v) is 6.50. The molecule has 32 heavy (non-hydrogen) atoms. The highest BCUT2D eigenvalue weighted by atomic mass is 15.2. The van der Waals surface area contributed by atoms with E-state index in [1.165, 1.54) is 11.1 Å². The topological polar surface area (TPSA) is 57.5 Å². The van der Waals surface area contributed by atoms with Gasteiger partial charge in [-0.25, -0.2) is 4.98 Å². The zero-order chi connectivity index (χ0) is 22.3. The number of fused-ring (bicyclic) bond motifs is 1. The van der Waals surface area contributed by atoms with Gasteiger partial charge in [0.2, 0.25) is 0 Å². The van der Waals surface area contributed by atoms with Crippen LogP contribution < -0.4 is 10.6 Å². The molecule has 0 saturated carbocycles. The molecule has 0 amide bonds. The number of likely N-dealkylation sites (tertiary alicyclic amines) is 1. The average Bonchev–Trinajstić information content (AvgIpc) is 3.13. The Balaban J connectivity index is 1.22. The van der Waals surface area contributed by atoms with Crippen molar-refractivity contribution in [2.75, 3.05) is 20.1 Å². The van der Waals surface area contributed by atoms with Gasteiger partial charge in [-0.2, -0.15) is 0 Å². The molecule has 2 N–H and O–H groups in total. The highest BCUT2D eigenvalue weighted by molar-refractivity contribution is 5.80. The minimum absolute atomic E-state index is 0.461. The van der Waals surface area contributed by atoms with E-state index in [1.807, 2.05) is 13.1 Å². The van der Waals surface area contributed by atoms with Crippen molar-refractivity contribution in [2.24, 2.45) is 4.99 Å². The predicted molar refractivity (Wildman–Crippen MR) is 133 cm³/mol. The van der Waals surface area contributed by atoms with Gasteiger partial charge in [-0.3, -0.25) is 9.89 Å². The number of hydrogen-bond acceptors (Lipinski definition) is 3. The summed E-state index contributed by atoms with van der Waals surface area (Å²) >= 11 is 0. The molecule has 2 heterocycles. The van der Waals surface area contributed by atoms with Crippen molar-refractivity contribution in [2.45, 2.75) is 58.3 Å². The zero-order valence-electron chi connectivity index (χ0n) is 19.6. The maximum absolute atomic E-state index is 4.66. The Bertz CT molecular complexity index is 1030. The van der Waals surface area contributed by atoms with Crippen molar-refractivity contribution in [3.05, 3.63) is 66.0 Å². The number of nitrogens with zero attached hydrogens (tertiary/aromatic N) is 4. The van der Waals surface area contributed by atoms with Crippen LogP contribution in [0.25, 0.3) is 11.0 Å². The van der Waals surface area contributed by atoms with Crippen LogP contribution in [0.3, 0.4) is 0 Å². The number of rotatable bonds is 7. The molecule has 6 heteroatoms. The Morgan fingerprint density at radius 2 is 1.91 bits per heavy atom. The van der Waals surface area contributed by atoms with Gasteiger partial charge in [0.25, 0.3) is 0 Å². The number of guanidine groups is 1. The molecule has 170 valence electrons. The lowest BCUT2D eigenvalue weighted by Gasteiger charge is -2.38. The molecule has 2 atom stereocenters. The predicted octanol–water partition coefficient (Wildman–Crippen LogP) is 3.95. The van der Waals surface area contributed by atoms with Gasteiger partial charge in [0.15, 0.2) is 5.96 Å². The van der Waals surface area contributed by atoms with Gasteiger partial charge in [-0.15, -0.1) is 0 Å². The quantitative estimate of drug-likeness (QED) is 0.337. The maximum Gasteiger partial charge on any atom is 0.191 e. The maximum atomic E-state index is 4.66. The van der Waals surface area contributed by atoms with Gasteiger partial charge >= 0.3 is 0 Å². The Morgan fingerprint density at radius 3 is 2.69 bits per heavy atom. The van der Waals surface area contributed by atoms with Crippen LogP contribution in [-0.4, -0.2) is 52.6 Å². The summed E-state index contributed by atoms with van der Waals surface area (Å²) in [4.78, 5) is 11.7. The highest BCUT2D eigenvalue weighted by Gasteiger charge is 2.25. The first-order chi connectivity index (χ1) is 15.6. The lowest BCUT2D eigenvalue weighted by atomic mass is 9.97. The SMILES string of the molecule is CN=C(NCCCn1c(C)nc2ccccc21)NC1CCN(Cc2ccccc2)C(C)C1. The molecule has 1 saturated heterocycles. The fourth-order valence-corrected chi connectivity index (χ4v) is 4.71. The summed E-state index contributed by atoms with van der Waals surface area (Å²) in [6, 6.07) is 20.1. The molecule has 6 nitrogen and oxygen atoms in total. The Kier molecular flexibility index (Phi) is 7.43. The van der Waals surface area contributed by atoms with Crippen molar-refractivity contribution in [1.29, 1.82) is 0 Å². The zero-order valence-corrected chi connectivity index (χ0v) is 19.6. The monoisotopic (exact) mass is 432 g/mol. The molecule has 2 unspecified atom stereocenters. The fourth-order valence-electron chi connectivity index (χ4n) is 4.71. The van der Waals surface area contributed by atoms with Crippen LogP contribution in [0.5, 0.6) is 0 Å². The van der Waals surface area contributed by atoms with Gasteiger partial charge in [-0.05, 0) is 50.8 Å². The van der Waals surface area contributed by atoms with Crippen LogP contribution >= 0.6 is 0 Å². The summed E-state index contributed by atoms with van der Waals surface area (Å²) in [5.41, 5.74) is 3.68. The number of benzene rings is 2. The number of hydrogen-bond donors (Lipinski definition) is 2. The largest absolute Gasteiger partial charge is 0.356 e. The first-order valence-electron chi connectivity index (χ1n) is 11.8. The Morgan fingerprint density at radius 1 is 1.12 bits per heavy atom. The molecule has 0 spiro atoms. The lowest BCUT2D eigenvalue weighted by Crippen LogP contribution is -2.51. The first-order valence-corrected chi connectivity index (χ1v) is 11.8.